The highest BCUT2D eigenvalue weighted by Gasteiger charge is 2.22. The molecule has 2 heterocycles. The van der Waals surface area contributed by atoms with Crippen LogP contribution in [0.4, 0.5) is 13.2 Å². The molecule has 3 rings (SSSR count). The van der Waals surface area contributed by atoms with Crippen LogP contribution in [0.25, 0.3) is 0 Å². The molecule has 0 bridgehead atoms. The Morgan fingerprint density at radius 1 is 0.962 bits per heavy atom. The van der Waals surface area contributed by atoms with Gasteiger partial charge in [-0.15, -0.1) is 0 Å². The Labute approximate surface area is 150 Å². The summed E-state index contributed by atoms with van der Waals surface area (Å²) in [5, 5.41) is 0. The van der Waals surface area contributed by atoms with Gasteiger partial charge in [0.1, 0.15) is 5.82 Å². The lowest BCUT2D eigenvalue weighted by molar-refractivity contribution is -0.132. The average Bonchev–Trinajstić information content (AvgIpc) is 2.65. The number of nitrogens with zero attached hydrogens (tertiary/aromatic N) is 3. The van der Waals surface area contributed by atoms with E-state index in [0.29, 0.717) is 19.2 Å². The van der Waals surface area contributed by atoms with Crippen LogP contribution in [0.2, 0.25) is 0 Å². The molecule has 0 atom stereocenters. The molecule has 26 heavy (non-hydrogen) atoms. The van der Waals surface area contributed by atoms with Gasteiger partial charge >= 0.3 is 0 Å². The number of rotatable bonds is 5. The number of hydrogen-bond donors (Lipinski definition) is 0. The second-order valence-electron chi connectivity index (χ2n) is 6.36. The molecule has 1 aromatic carbocycles. The van der Waals surface area contributed by atoms with E-state index in [1.54, 1.807) is 17.3 Å². The molecule has 1 aromatic heterocycles. The van der Waals surface area contributed by atoms with Crippen molar-refractivity contribution in [2.45, 2.75) is 12.8 Å². The lowest BCUT2D eigenvalue weighted by Crippen LogP contribution is -2.49. The molecule has 138 valence electrons. The van der Waals surface area contributed by atoms with E-state index < -0.39 is 17.5 Å². The van der Waals surface area contributed by atoms with E-state index in [1.807, 2.05) is 12.1 Å². The van der Waals surface area contributed by atoms with E-state index in [2.05, 4.69) is 9.88 Å². The number of aromatic nitrogens is 1. The van der Waals surface area contributed by atoms with Crippen LogP contribution in [0.5, 0.6) is 0 Å². The summed E-state index contributed by atoms with van der Waals surface area (Å²) in [6.45, 7) is 3.44. The van der Waals surface area contributed by atoms with Crippen molar-refractivity contribution in [2.75, 3.05) is 32.7 Å². The molecular formula is C19H20F3N3O. The van der Waals surface area contributed by atoms with E-state index in [-0.39, 0.29) is 17.9 Å². The van der Waals surface area contributed by atoms with Crippen molar-refractivity contribution in [3.8, 4) is 0 Å². The molecule has 1 aliphatic rings. The van der Waals surface area contributed by atoms with E-state index >= 15 is 0 Å². The van der Waals surface area contributed by atoms with E-state index in [1.165, 1.54) is 5.56 Å². The zero-order valence-electron chi connectivity index (χ0n) is 14.3. The van der Waals surface area contributed by atoms with Crippen LogP contribution < -0.4 is 0 Å². The van der Waals surface area contributed by atoms with Gasteiger partial charge in [0.25, 0.3) is 0 Å². The molecule has 0 radical (unpaired) electrons. The van der Waals surface area contributed by atoms with Gasteiger partial charge in [0.15, 0.2) is 11.6 Å². The third kappa shape index (κ3) is 4.60. The second-order valence-corrected chi connectivity index (χ2v) is 6.36. The van der Waals surface area contributed by atoms with Gasteiger partial charge in [-0.3, -0.25) is 14.7 Å². The lowest BCUT2D eigenvalue weighted by atomic mass is 10.1. The van der Waals surface area contributed by atoms with Gasteiger partial charge in [-0.25, -0.2) is 13.2 Å². The summed E-state index contributed by atoms with van der Waals surface area (Å²) < 4.78 is 39.9. The zero-order valence-corrected chi connectivity index (χ0v) is 14.3. The third-order valence-electron chi connectivity index (χ3n) is 4.62. The molecule has 1 fully saturated rings. The smallest absolute Gasteiger partial charge is 0.227 e. The maximum absolute atomic E-state index is 13.7. The quantitative estimate of drug-likeness (QED) is 0.766. The minimum Gasteiger partial charge on any atom is -0.340 e. The largest absolute Gasteiger partial charge is 0.340 e. The first kappa shape index (κ1) is 18.4. The number of hydrogen-bond acceptors (Lipinski definition) is 3. The predicted molar refractivity (Wildman–Crippen MR) is 91.0 cm³/mol. The Bertz CT molecular complexity index is 762. The number of benzene rings is 1. The molecule has 7 heteroatoms. The molecular weight excluding hydrogens is 343 g/mol. The van der Waals surface area contributed by atoms with Crippen molar-refractivity contribution in [3.05, 3.63) is 65.2 Å². The molecule has 2 aromatic rings. The Hall–Kier alpha value is -2.41. The van der Waals surface area contributed by atoms with Crippen LogP contribution in [0.3, 0.4) is 0 Å². The van der Waals surface area contributed by atoms with E-state index in [0.717, 1.165) is 32.1 Å². The molecule has 0 N–H and O–H groups in total. The van der Waals surface area contributed by atoms with Gasteiger partial charge in [0, 0.05) is 56.7 Å². The fourth-order valence-electron chi connectivity index (χ4n) is 3.03. The molecule has 1 saturated heterocycles. The van der Waals surface area contributed by atoms with Crippen LogP contribution in [0.1, 0.15) is 11.1 Å². The Balaban J connectivity index is 1.48. The van der Waals surface area contributed by atoms with Crippen molar-refractivity contribution in [1.82, 2.24) is 14.8 Å². The number of carbonyl (C=O) groups excluding carboxylic acids is 1. The van der Waals surface area contributed by atoms with Crippen LogP contribution in [-0.4, -0.2) is 53.4 Å². The average molecular weight is 363 g/mol. The van der Waals surface area contributed by atoms with Gasteiger partial charge in [-0.05, 0) is 30.2 Å². The normalized spacial score (nSPS) is 15.3. The Morgan fingerprint density at radius 3 is 2.31 bits per heavy atom. The van der Waals surface area contributed by atoms with Crippen LogP contribution in [0.15, 0.2) is 36.7 Å². The van der Waals surface area contributed by atoms with Gasteiger partial charge in [0.2, 0.25) is 5.91 Å². The monoisotopic (exact) mass is 363 g/mol. The molecule has 1 amide bonds. The van der Waals surface area contributed by atoms with Gasteiger partial charge in [-0.1, -0.05) is 0 Å². The SMILES string of the molecule is O=C(Cc1cc(F)c(F)cc1F)N1CCN(CCc2ccncc2)CC1. The molecule has 0 unspecified atom stereocenters. The summed E-state index contributed by atoms with van der Waals surface area (Å²) in [6.07, 6.45) is 4.18. The first-order valence-corrected chi connectivity index (χ1v) is 8.55. The molecule has 4 nitrogen and oxygen atoms in total. The van der Waals surface area contributed by atoms with Crippen LogP contribution >= 0.6 is 0 Å². The van der Waals surface area contributed by atoms with Crippen LogP contribution in [0, 0.1) is 17.5 Å². The van der Waals surface area contributed by atoms with Crippen molar-refractivity contribution in [1.29, 1.82) is 0 Å². The highest BCUT2D eigenvalue weighted by Crippen LogP contribution is 2.16. The Morgan fingerprint density at radius 2 is 1.62 bits per heavy atom. The van der Waals surface area contributed by atoms with Gasteiger partial charge in [-0.2, -0.15) is 0 Å². The maximum atomic E-state index is 13.7. The van der Waals surface area contributed by atoms with Crippen molar-refractivity contribution >= 4 is 5.91 Å². The maximum Gasteiger partial charge on any atom is 0.227 e. The Kier molecular flexibility index (Phi) is 5.88. The number of carbonyl (C=O) groups is 1. The first-order chi connectivity index (χ1) is 12.5. The molecule has 0 aliphatic carbocycles. The van der Waals surface area contributed by atoms with Gasteiger partial charge < -0.3 is 4.90 Å². The molecule has 0 saturated carbocycles. The van der Waals surface area contributed by atoms with Gasteiger partial charge in [0.05, 0.1) is 6.42 Å². The molecule has 0 spiro atoms. The summed E-state index contributed by atoms with van der Waals surface area (Å²) in [6, 6.07) is 5.20. The van der Waals surface area contributed by atoms with Crippen molar-refractivity contribution < 1.29 is 18.0 Å². The standard InChI is InChI=1S/C19H20F3N3O/c20-16-13-18(22)17(21)11-15(16)12-19(26)25-9-7-24(8-10-25)6-3-14-1-4-23-5-2-14/h1-2,4-5,11,13H,3,6-10,12H2. The van der Waals surface area contributed by atoms with Crippen molar-refractivity contribution in [2.24, 2.45) is 0 Å². The first-order valence-electron chi connectivity index (χ1n) is 8.55. The lowest BCUT2D eigenvalue weighted by Gasteiger charge is -2.34. The summed E-state index contributed by atoms with van der Waals surface area (Å²) >= 11 is 0. The summed E-state index contributed by atoms with van der Waals surface area (Å²) in [5.41, 5.74) is 1.10. The van der Waals surface area contributed by atoms with E-state index in [4.69, 9.17) is 0 Å². The number of amides is 1. The van der Waals surface area contributed by atoms with Crippen molar-refractivity contribution in [3.63, 3.8) is 0 Å². The number of halogens is 3. The zero-order chi connectivity index (χ0) is 18.5. The minimum absolute atomic E-state index is 0.117. The topological polar surface area (TPSA) is 36.4 Å². The predicted octanol–water partition coefficient (Wildman–Crippen LogP) is 2.43. The number of pyridine rings is 1. The van der Waals surface area contributed by atoms with E-state index in [9.17, 15) is 18.0 Å². The summed E-state index contributed by atoms with van der Waals surface area (Å²) in [5.74, 6) is -3.56. The number of piperazine rings is 1. The highest BCUT2D eigenvalue weighted by molar-refractivity contribution is 5.79. The summed E-state index contributed by atoms with van der Waals surface area (Å²) in [7, 11) is 0. The highest BCUT2D eigenvalue weighted by atomic mass is 19.2. The second kappa shape index (κ2) is 8.31. The fraction of sp³-hybridized carbons (Fsp3) is 0.368. The minimum atomic E-state index is -1.25. The van der Waals surface area contributed by atoms with Crippen LogP contribution in [-0.2, 0) is 17.6 Å². The third-order valence-corrected chi connectivity index (χ3v) is 4.62. The fourth-order valence-corrected chi connectivity index (χ4v) is 3.03. The summed E-state index contributed by atoms with van der Waals surface area (Å²) in [4.78, 5) is 20.2. The molecule has 1 aliphatic heterocycles.